The zero-order valence-corrected chi connectivity index (χ0v) is 13.6. The van der Waals surface area contributed by atoms with E-state index in [0.717, 1.165) is 50.4 Å². The smallest absolute Gasteiger partial charge is 0.249 e. The van der Waals surface area contributed by atoms with Gasteiger partial charge in [0, 0.05) is 19.4 Å². The lowest BCUT2D eigenvalue weighted by Gasteiger charge is -2.33. The second-order valence-corrected chi connectivity index (χ2v) is 6.69. The number of likely N-dealkylation sites (tertiary alicyclic amines) is 1. The van der Waals surface area contributed by atoms with Crippen LogP contribution < -0.4 is 0 Å². The lowest BCUT2D eigenvalue weighted by molar-refractivity contribution is -0.136. The third-order valence-electron chi connectivity index (χ3n) is 5.15. The molecule has 0 spiro atoms. The second-order valence-electron chi connectivity index (χ2n) is 6.69. The number of carbonyl (C=O) groups is 1. The lowest BCUT2D eigenvalue weighted by Crippen LogP contribution is -2.38. The van der Waals surface area contributed by atoms with Gasteiger partial charge in [-0.05, 0) is 31.6 Å². The fourth-order valence-corrected chi connectivity index (χ4v) is 3.80. The predicted octanol–water partition coefficient (Wildman–Crippen LogP) is 3.66. The van der Waals surface area contributed by atoms with Crippen LogP contribution in [-0.4, -0.2) is 27.5 Å². The highest BCUT2D eigenvalue weighted by Crippen LogP contribution is 2.32. The van der Waals surface area contributed by atoms with Crippen molar-refractivity contribution in [3.63, 3.8) is 0 Å². The summed E-state index contributed by atoms with van der Waals surface area (Å²) in [5, 5.41) is 3.99. The standard InChI is InChI=1S/C17H27N3O2/c1-2-15-18-17(22-19-15)14-9-5-6-12-20(14)16(21)11-10-13-7-3-4-8-13/h13-14H,2-12H2,1H3/t14-/m1/s1. The highest BCUT2D eigenvalue weighted by Gasteiger charge is 2.32. The first kappa shape index (κ1) is 15.5. The summed E-state index contributed by atoms with van der Waals surface area (Å²) in [5.74, 6) is 2.40. The molecule has 2 heterocycles. The zero-order chi connectivity index (χ0) is 15.4. The first-order valence-corrected chi connectivity index (χ1v) is 8.90. The van der Waals surface area contributed by atoms with Crippen molar-refractivity contribution < 1.29 is 9.32 Å². The molecule has 1 atom stereocenters. The average molecular weight is 305 g/mol. The van der Waals surface area contributed by atoms with Gasteiger partial charge in [-0.25, -0.2) is 0 Å². The van der Waals surface area contributed by atoms with E-state index < -0.39 is 0 Å². The maximum atomic E-state index is 12.7. The molecule has 1 aromatic rings. The van der Waals surface area contributed by atoms with E-state index in [4.69, 9.17) is 4.52 Å². The molecule has 0 N–H and O–H groups in total. The van der Waals surface area contributed by atoms with Crippen molar-refractivity contribution in [2.45, 2.75) is 77.2 Å². The number of nitrogens with zero attached hydrogens (tertiary/aromatic N) is 3. The van der Waals surface area contributed by atoms with Crippen LogP contribution in [0.1, 0.15) is 82.5 Å². The van der Waals surface area contributed by atoms with E-state index in [1.807, 2.05) is 11.8 Å². The van der Waals surface area contributed by atoms with Crippen LogP contribution in [0, 0.1) is 5.92 Å². The third-order valence-corrected chi connectivity index (χ3v) is 5.15. The van der Waals surface area contributed by atoms with E-state index in [2.05, 4.69) is 10.1 Å². The molecule has 5 heteroatoms. The predicted molar refractivity (Wildman–Crippen MR) is 83.2 cm³/mol. The molecule has 2 aliphatic rings. The third kappa shape index (κ3) is 3.50. The fourth-order valence-electron chi connectivity index (χ4n) is 3.80. The quantitative estimate of drug-likeness (QED) is 0.833. The van der Waals surface area contributed by atoms with Crippen LogP contribution in [0.15, 0.2) is 4.52 Å². The normalized spacial score (nSPS) is 23.1. The van der Waals surface area contributed by atoms with Gasteiger partial charge in [0.1, 0.15) is 6.04 Å². The molecule has 0 radical (unpaired) electrons. The number of piperidine rings is 1. The van der Waals surface area contributed by atoms with Crippen LogP contribution >= 0.6 is 0 Å². The van der Waals surface area contributed by atoms with E-state index in [1.165, 1.54) is 25.7 Å². The largest absolute Gasteiger partial charge is 0.337 e. The molecule has 1 saturated carbocycles. The molecule has 0 bridgehead atoms. The van der Waals surface area contributed by atoms with E-state index in [9.17, 15) is 4.79 Å². The summed E-state index contributed by atoms with van der Waals surface area (Å²) in [6, 6.07) is -0.00220. The summed E-state index contributed by atoms with van der Waals surface area (Å²) in [7, 11) is 0. The minimum Gasteiger partial charge on any atom is -0.337 e. The van der Waals surface area contributed by atoms with E-state index in [1.54, 1.807) is 0 Å². The summed E-state index contributed by atoms with van der Waals surface area (Å²) in [6.45, 7) is 2.85. The van der Waals surface area contributed by atoms with Crippen LogP contribution in [0.2, 0.25) is 0 Å². The van der Waals surface area contributed by atoms with Gasteiger partial charge in [-0.3, -0.25) is 4.79 Å². The molecule has 2 fully saturated rings. The maximum absolute atomic E-state index is 12.7. The molecule has 0 aromatic carbocycles. The highest BCUT2D eigenvalue weighted by molar-refractivity contribution is 5.76. The first-order valence-electron chi connectivity index (χ1n) is 8.90. The van der Waals surface area contributed by atoms with E-state index >= 15 is 0 Å². The minimum atomic E-state index is -0.00220. The molecule has 0 unspecified atom stereocenters. The van der Waals surface area contributed by atoms with Crippen molar-refractivity contribution in [2.24, 2.45) is 5.92 Å². The Morgan fingerprint density at radius 3 is 2.73 bits per heavy atom. The molecule has 1 saturated heterocycles. The number of aryl methyl sites for hydroxylation is 1. The van der Waals surface area contributed by atoms with Crippen molar-refractivity contribution in [2.75, 3.05) is 6.54 Å². The van der Waals surface area contributed by atoms with Crippen LogP contribution in [0.5, 0.6) is 0 Å². The summed E-state index contributed by atoms with van der Waals surface area (Å²) in [6.07, 6.45) is 10.9. The Hall–Kier alpha value is -1.39. The monoisotopic (exact) mass is 305 g/mol. The van der Waals surface area contributed by atoms with Crippen LogP contribution in [0.4, 0.5) is 0 Å². The second kappa shape index (κ2) is 7.25. The van der Waals surface area contributed by atoms with Gasteiger partial charge in [0.2, 0.25) is 11.8 Å². The molecule has 5 nitrogen and oxygen atoms in total. The molecule has 22 heavy (non-hydrogen) atoms. The van der Waals surface area contributed by atoms with Crippen molar-refractivity contribution in [3.05, 3.63) is 11.7 Å². The number of aromatic nitrogens is 2. The van der Waals surface area contributed by atoms with Gasteiger partial charge < -0.3 is 9.42 Å². The number of hydrogen-bond acceptors (Lipinski definition) is 4. The Kier molecular flexibility index (Phi) is 5.11. The molecule has 1 aliphatic heterocycles. The Bertz CT molecular complexity index is 494. The van der Waals surface area contributed by atoms with E-state index in [0.29, 0.717) is 12.3 Å². The van der Waals surface area contributed by atoms with Gasteiger partial charge >= 0.3 is 0 Å². The Morgan fingerprint density at radius 2 is 2.00 bits per heavy atom. The van der Waals surface area contributed by atoms with Gasteiger partial charge in [0.05, 0.1) is 0 Å². The average Bonchev–Trinajstić information content (AvgIpc) is 3.24. The Labute approximate surface area is 132 Å². The minimum absolute atomic E-state index is 0.00220. The van der Waals surface area contributed by atoms with Crippen LogP contribution in [-0.2, 0) is 11.2 Å². The summed E-state index contributed by atoms with van der Waals surface area (Å²) in [4.78, 5) is 19.1. The molecule has 122 valence electrons. The number of hydrogen-bond donors (Lipinski definition) is 0. The van der Waals surface area contributed by atoms with Gasteiger partial charge in [0.15, 0.2) is 5.82 Å². The summed E-state index contributed by atoms with van der Waals surface area (Å²) in [5.41, 5.74) is 0. The molecule has 1 amide bonds. The first-order chi connectivity index (χ1) is 10.8. The number of rotatable bonds is 5. The van der Waals surface area contributed by atoms with Crippen LogP contribution in [0.25, 0.3) is 0 Å². The fraction of sp³-hybridized carbons (Fsp3) is 0.824. The van der Waals surface area contributed by atoms with E-state index in [-0.39, 0.29) is 11.9 Å². The zero-order valence-electron chi connectivity index (χ0n) is 13.6. The molecule has 1 aliphatic carbocycles. The molecular weight excluding hydrogens is 278 g/mol. The Balaban J connectivity index is 1.62. The van der Waals surface area contributed by atoms with Crippen molar-refractivity contribution in [1.82, 2.24) is 15.0 Å². The van der Waals surface area contributed by atoms with Crippen molar-refractivity contribution in [1.29, 1.82) is 0 Å². The molecule has 1 aromatic heterocycles. The van der Waals surface area contributed by atoms with Crippen LogP contribution in [0.3, 0.4) is 0 Å². The van der Waals surface area contributed by atoms with Crippen molar-refractivity contribution >= 4 is 5.91 Å². The lowest BCUT2D eigenvalue weighted by atomic mass is 9.98. The van der Waals surface area contributed by atoms with Gasteiger partial charge in [-0.1, -0.05) is 37.8 Å². The SMILES string of the molecule is CCc1noc([C@H]2CCCCN2C(=O)CCC2CCCC2)n1. The summed E-state index contributed by atoms with van der Waals surface area (Å²) >= 11 is 0. The topological polar surface area (TPSA) is 59.2 Å². The number of carbonyl (C=O) groups excluding carboxylic acids is 1. The highest BCUT2D eigenvalue weighted by atomic mass is 16.5. The number of amides is 1. The van der Waals surface area contributed by atoms with Gasteiger partial charge in [-0.2, -0.15) is 4.98 Å². The molecular formula is C17H27N3O2. The van der Waals surface area contributed by atoms with Crippen molar-refractivity contribution in [3.8, 4) is 0 Å². The summed E-state index contributed by atoms with van der Waals surface area (Å²) < 4.78 is 5.40. The molecule has 3 rings (SSSR count). The Morgan fingerprint density at radius 1 is 1.23 bits per heavy atom. The van der Waals surface area contributed by atoms with Gasteiger partial charge in [0.25, 0.3) is 0 Å². The maximum Gasteiger partial charge on any atom is 0.249 e. The van der Waals surface area contributed by atoms with Gasteiger partial charge in [-0.15, -0.1) is 0 Å².